The minimum atomic E-state index is 0.111. The number of hydrogen-bond donors (Lipinski definition) is 2. The van der Waals surface area contributed by atoms with E-state index in [-0.39, 0.29) is 5.91 Å². The van der Waals surface area contributed by atoms with Crippen LogP contribution < -0.4 is 10.6 Å². The van der Waals surface area contributed by atoms with Crippen LogP contribution in [0.15, 0.2) is 18.2 Å². The first-order valence-corrected chi connectivity index (χ1v) is 5.81. The van der Waals surface area contributed by atoms with Crippen LogP contribution in [0.1, 0.15) is 23.1 Å². The van der Waals surface area contributed by atoms with Crippen molar-refractivity contribution in [2.75, 3.05) is 13.6 Å². The van der Waals surface area contributed by atoms with E-state index >= 15 is 0 Å². The number of hydrogen-bond acceptors (Lipinski definition) is 2. The molecule has 16 heavy (non-hydrogen) atoms. The van der Waals surface area contributed by atoms with Gasteiger partial charge in [-0.25, -0.2) is 0 Å². The predicted octanol–water partition coefficient (Wildman–Crippen LogP) is 1.01. The van der Waals surface area contributed by atoms with Gasteiger partial charge in [0.25, 0.3) is 0 Å². The molecule has 0 atom stereocenters. The van der Waals surface area contributed by atoms with Crippen molar-refractivity contribution in [1.29, 1.82) is 0 Å². The van der Waals surface area contributed by atoms with Gasteiger partial charge in [0.2, 0.25) is 5.91 Å². The number of benzene rings is 1. The zero-order valence-electron chi connectivity index (χ0n) is 9.68. The van der Waals surface area contributed by atoms with Crippen molar-refractivity contribution in [3.05, 3.63) is 34.9 Å². The Balaban J connectivity index is 2.03. The van der Waals surface area contributed by atoms with Crippen molar-refractivity contribution in [1.82, 2.24) is 10.6 Å². The number of carbonyl (C=O) groups excluding carboxylic acids is 1. The molecular weight excluding hydrogens is 200 g/mol. The first-order valence-electron chi connectivity index (χ1n) is 5.81. The lowest BCUT2D eigenvalue weighted by atomic mass is 9.97. The van der Waals surface area contributed by atoms with Crippen LogP contribution in [-0.4, -0.2) is 19.5 Å². The molecule has 0 aromatic heterocycles. The molecule has 3 nitrogen and oxygen atoms in total. The molecule has 0 fully saturated rings. The highest BCUT2D eigenvalue weighted by molar-refractivity contribution is 5.75. The second kappa shape index (κ2) is 5.12. The molecule has 1 aliphatic rings. The molecule has 1 aromatic carbocycles. The van der Waals surface area contributed by atoms with Gasteiger partial charge >= 0.3 is 0 Å². The summed E-state index contributed by atoms with van der Waals surface area (Å²) >= 11 is 0. The standard InChI is InChI=1S/C13H18N2O/c1-14-13(16)5-3-10-2-4-12-9-15-7-6-11(12)8-10/h2,4,8,15H,3,5-7,9H2,1H3,(H,14,16). The highest BCUT2D eigenvalue weighted by atomic mass is 16.1. The Bertz CT molecular complexity index is 388. The molecule has 0 saturated heterocycles. The Kier molecular flexibility index (Phi) is 3.57. The van der Waals surface area contributed by atoms with E-state index < -0.39 is 0 Å². The molecule has 0 saturated carbocycles. The van der Waals surface area contributed by atoms with Crippen LogP contribution in [-0.2, 0) is 24.2 Å². The zero-order chi connectivity index (χ0) is 11.4. The average Bonchev–Trinajstić information content (AvgIpc) is 2.35. The Hall–Kier alpha value is -1.35. The summed E-state index contributed by atoms with van der Waals surface area (Å²) in [5, 5.41) is 6.00. The molecule has 3 heteroatoms. The molecule has 1 amide bonds. The van der Waals surface area contributed by atoms with Crippen LogP contribution in [0.5, 0.6) is 0 Å². The Morgan fingerprint density at radius 2 is 2.31 bits per heavy atom. The third-order valence-electron chi connectivity index (χ3n) is 3.08. The predicted molar refractivity (Wildman–Crippen MR) is 64.2 cm³/mol. The van der Waals surface area contributed by atoms with Gasteiger partial charge in [0.1, 0.15) is 0 Å². The summed E-state index contributed by atoms with van der Waals surface area (Å²) in [5.41, 5.74) is 4.10. The monoisotopic (exact) mass is 218 g/mol. The second-order valence-electron chi connectivity index (χ2n) is 4.20. The van der Waals surface area contributed by atoms with Crippen molar-refractivity contribution in [3.8, 4) is 0 Å². The maximum absolute atomic E-state index is 11.2. The largest absolute Gasteiger partial charge is 0.359 e. The first-order chi connectivity index (χ1) is 7.79. The number of carbonyl (C=O) groups is 1. The Morgan fingerprint density at radius 1 is 1.44 bits per heavy atom. The first kappa shape index (κ1) is 11.1. The van der Waals surface area contributed by atoms with Crippen molar-refractivity contribution in [3.63, 3.8) is 0 Å². The van der Waals surface area contributed by atoms with Gasteiger partial charge in [-0.1, -0.05) is 18.2 Å². The lowest BCUT2D eigenvalue weighted by molar-refractivity contribution is -0.120. The van der Waals surface area contributed by atoms with E-state index in [1.165, 1.54) is 16.7 Å². The molecule has 2 N–H and O–H groups in total. The van der Waals surface area contributed by atoms with E-state index in [0.29, 0.717) is 6.42 Å². The minimum Gasteiger partial charge on any atom is -0.359 e. The number of fused-ring (bicyclic) bond motifs is 1. The van der Waals surface area contributed by atoms with E-state index in [1.54, 1.807) is 7.05 Å². The highest BCUT2D eigenvalue weighted by Crippen LogP contribution is 2.16. The average molecular weight is 218 g/mol. The van der Waals surface area contributed by atoms with Gasteiger partial charge in [-0.2, -0.15) is 0 Å². The van der Waals surface area contributed by atoms with Gasteiger partial charge in [0.15, 0.2) is 0 Å². The normalized spacial score (nSPS) is 14.3. The lowest BCUT2D eigenvalue weighted by Gasteiger charge is -2.17. The van der Waals surface area contributed by atoms with Crippen molar-refractivity contribution in [2.24, 2.45) is 0 Å². The molecule has 86 valence electrons. The Labute approximate surface area is 96.2 Å². The molecule has 1 aliphatic heterocycles. The van der Waals surface area contributed by atoms with Crippen LogP contribution in [0.2, 0.25) is 0 Å². The summed E-state index contributed by atoms with van der Waals surface area (Å²) in [6, 6.07) is 6.56. The van der Waals surface area contributed by atoms with Gasteiger partial charge in [-0.3, -0.25) is 4.79 Å². The maximum atomic E-state index is 11.2. The van der Waals surface area contributed by atoms with E-state index in [9.17, 15) is 4.79 Å². The Morgan fingerprint density at radius 3 is 3.12 bits per heavy atom. The molecule has 2 rings (SSSR count). The van der Waals surface area contributed by atoms with Gasteiger partial charge in [0.05, 0.1) is 0 Å². The molecule has 1 heterocycles. The molecule has 0 unspecified atom stereocenters. The highest BCUT2D eigenvalue weighted by Gasteiger charge is 2.09. The second-order valence-corrected chi connectivity index (χ2v) is 4.20. The number of nitrogens with one attached hydrogen (secondary N) is 2. The third kappa shape index (κ3) is 2.61. The zero-order valence-corrected chi connectivity index (χ0v) is 9.68. The van der Waals surface area contributed by atoms with Gasteiger partial charge in [-0.05, 0) is 36.1 Å². The molecule has 0 aliphatic carbocycles. The fourth-order valence-corrected chi connectivity index (χ4v) is 2.07. The van der Waals surface area contributed by atoms with Crippen molar-refractivity contribution in [2.45, 2.75) is 25.8 Å². The summed E-state index contributed by atoms with van der Waals surface area (Å²) in [6.45, 7) is 2.04. The molecule has 0 radical (unpaired) electrons. The maximum Gasteiger partial charge on any atom is 0.220 e. The number of amides is 1. The third-order valence-corrected chi connectivity index (χ3v) is 3.08. The van der Waals surface area contributed by atoms with Crippen molar-refractivity contribution >= 4 is 5.91 Å². The number of rotatable bonds is 3. The van der Waals surface area contributed by atoms with E-state index in [0.717, 1.165) is 25.9 Å². The van der Waals surface area contributed by atoms with Crippen LogP contribution in [0.3, 0.4) is 0 Å². The smallest absolute Gasteiger partial charge is 0.220 e. The summed E-state index contributed by atoms with van der Waals surface area (Å²) in [6.07, 6.45) is 2.51. The summed E-state index contributed by atoms with van der Waals surface area (Å²) in [4.78, 5) is 11.2. The van der Waals surface area contributed by atoms with E-state index in [2.05, 4.69) is 28.8 Å². The van der Waals surface area contributed by atoms with Crippen molar-refractivity contribution < 1.29 is 4.79 Å². The van der Waals surface area contributed by atoms with Gasteiger partial charge < -0.3 is 10.6 Å². The summed E-state index contributed by atoms with van der Waals surface area (Å²) < 4.78 is 0. The number of aryl methyl sites for hydroxylation is 1. The fourth-order valence-electron chi connectivity index (χ4n) is 2.07. The van der Waals surface area contributed by atoms with Crippen LogP contribution in [0.25, 0.3) is 0 Å². The van der Waals surface area contributed by atoms with Crippen LogP contribution in [0, 0.1) is 0 Å². The summed E-state index contributed by atoms with van der Waals surface area (Å²) in [5.74, 6) is 0.111. The topological polar surface area (TPSA) is 41.1 Å². The minimum absolute atomic E-state index is 0.111. The van der Waals surface area contributed by atoms with Crippen LogP contribution >= 0.6 is 0 Å². The molecule has 0 spiro atoms. The van der Waals surface area contributed by atoms with E-state index in [1.807, 2.05) is 0 Å². The van der Waals surface area contributed by atoms with Gasteiger partial charge in [0, 0.05) is 20.0 Å². The SMILES string of the molecule is CNC(=O)CCc1ccc2c(c1)CCNC2. The van der Waals surface area contributed by atoms with Crippen LogP contribution in [0.4, 0.5) is 0 Å². The lowest BCUT2D eigenvalue weighted by Crippen LogP contribution is -2.23. The fraction of sp³-hybridized carbons (Fsp3) is 0.462. The summed E-state index contributed by atoms with van der Waals surface area (Å²) in [7, 11) is 1.68. The van der Waals surface area contributed by atoms with Gasteiger partial charge in [-0.15, -0.1) is 0 Å². The quantitative estimate of drug-likeness (QED) is 0.795. The molecular formula is C13H18N2O. The van der Waals surface area contributed by atoms with E-state index in [4.69, 9.17) is 0 Å². The molecule has 0 bridgehead atoms. The molecule has 1 aromatic rings.